The molecule has 0 amide bonds. The van der Waals surface area contributed by atoms with Crippen molar-refractivity contribution in [2.24, 2.45) is 0 Å². The quantitative estimate of drug-likeness (QED) is 0.757. The number of anilines is 1. The van der Waals surface area contributed by atoms with Crippen molar-refractivity contribution < 1.29 is 8.42 Å². The highest BCUT2D eigenvalue weighted by atomic mass is 79.9. The van der Waals surface area contributed by atoms with Gasteiger partial charge in [0, 0.05) is 10.2 Å². The summed E-state index contributed by atoms with van der Waals surface area (Å²) in [4.78, 5) is 0. The fourth-order valence-electron chi connectivity index (χ4n) is 1.38. The number of rotatable bonds is 7. The van der Waals surface area contributed by atoms with Crippen molar-refractivity contribution in [3.8, 4) is 0 Å². The summed E-state index contributed by atoms with van der Waals surface area (Å²) in [6.45, 7) is 0.840. The van der Waals surface area contributed by atoms with Crippen LogP contribution in [0.5, 0.6) is 0 Å². The van der Waals surface area contributed by atoms with Crippen LogP contribution in [0, 0.1) is 0 Å². The zero-order chi connectivity index (χ0) is 12.7. The first-order valence-corrected chi connectivity index (χ1v) is 7.89. The van der Waals surface area contributed by atoms with Gasteiger partial charge in [-0.25, -0.2) is 8.42 Å². The van der Waals surface area contributed by atoms with E-state index in [-0.39, 0.29) is 5.75 Å². The molecule has 1 aromatic carbocycles. The molecule has 0 saturated heterocycles. The smallest absolute Gasteiger partial charge is 0.232 e. The Morgan fingerprint density at radius 2 is 2.06 bits per heavy atom. The molecule has 6 heteroatoms. The molecule has 17 heavy (non-hydrogen) atoms. The van der Waals surface area contributed by atoms with E-state index in [9.17, 15) is 8.42 Å². The maximum atomic E-state index is 11.7. The van der Waals surface area contributed by atoms with Crippen LogP contribution in [0.2, 0.25) is 0 Å². The minimum Gasteiger partial charge on any atom is -0.320 e. The maximum absolute atomic E-state index is 11.7. The van der Waals surface area contributed by atoms with Crippen LogP contribution in [0.3, 0.4) is 0 Å². The molecule has 0 aliphatic heterocycles. The minimum absolute atomic E-state index is 0.154. The van der Waals surface area contributed by atoms with Crippen LogP contribution in [0.4, 0.5) is 5.69 Å². The standard InChI is InChI=1S/C11H17BrN2O2S/c1-13-7-2-3-8-17(15,16)14-11-6-4-5-10(12)9-11/h4-6,9,13-14H,2-3,7-8H2,1H3. The van der Waals surface area contributed by atoms with Gasteiger partial charge in [0.1, 0.15) is 0 Å². The Morgan fingerprint density at radius 3 is 2.71 bits per heavy atom. The van der Waals surface area contributed by atoms with E-state index in [2.05, 4.69) is 26.0 Å². The van der Waals surface area contributed by atoms with Gasteiger partial charge in [0.05, 0.1) is 5.75 Å². The molecule has 0 aromatic heterocycles. The van der Waals surface area contributed by atoms with Crippen LogP contribution >= 0.6 is 15.9 Å². The summed E-state index contributed by atoms with van der Waals surface area (Å²) in [7, 11) is -1.38. The SMILES string of the molecule is CNCCCCS(=O)(=O)Nc1cccc(Br)c1. The molecule has 0 unspecified atom stereocenters. The highest BCUT2D eigenvalue weighted by Gasteiger charge is 2.09. The number of sulfonamides is 1. The average molecular weight is 321 g/mol. The number of unbranched alkanes of at least 4 members (excludes halogenated alkanes) is 1. The number of benzene rings is 1. The first-order chi connectivity index (χ1) is 8.03. The molecule has 0 aliphatic carbocycles. The lowest BCUT2D eigenvalue weighted by atomic mass is 10.3. The lowest BCUT2D eigenvalue weighted by Crippen LogP contribution is -2.18. The van der Waals surface area contributed by atoms with Gasteiger partial charge in [0.15, 0.2) is 0 Å². The van der Waals surface area contributed by atoms with E-state index in [0.717, 1.165) is 17.4 Å². The van der Waals surface area contributed by atoms with Crippen molar-refractivity contribution in [1.82, 2.24) is 5.32 Å². The van der Waals surface area contributed by atoms with Crippen LogP contribution in [-0.2, 0) is 10.0 Å². The lowest BCUT2D eigenvalue weighted by molar-refractivity contribution is 0.595. The third kappa shape index (κ3) is 6.05. The molecule has 0 radical (unpaired) electrons. The molecule has 0 spiro atoms. The van der Waals surface area contributed by atoms with E-state index in [1.807, 2.05) is 13.1 Å². The van der Waals surface area contributed by atoms with Gasteiger partial charge in [-0.15, -0.1) is 0 Å². The summed E-state index contributed by atoms with van der Waals surface area (Å²) >= 11 is 3.30. The minimum atomic E-state index is -3.23. The zero-order valence-electron chi connectivity index (χ0n) is 9.74. The Hall–Kier alpha value is -0.590. The van der Waals surface area contributed by atoms with Crippen molar-refractivity contribution in [3.63, 3.8) is 0 Å². The third-order valence-electron chi connectivity index (χ3n) is 2.19. The van der Waals surface area contributed by atoms with E-state index >= 15 is 0 Å². The van der Waals surface area contributed by atoms with E-state index in [1.165, 1.54) is 0 Å². The zero-order valence-corrected chi connectivity index (χ0v) is 12.1. The van der Waals surface area contributed by atoms with Gasteiger partial charge < -0.3 is 5.32 Å². The topological polar surface area (TPSA) is 58.2 Å². The molecule has 0 heterocycles. The van der Waals surface area contributed by atoms with Gasteiger partial charge >= 0.3 is 0 Å². The summed E-state index contributed by atoms with van der Waals surface area (Å²) in [5.74, 6) is 0.154. The van der Waals surface area contributed by atoms with Crippen LogP contribution in [0.25, 0.3) is 0 Å². The molecule has 0 fully saturated rings. The molecule has 1 rings (SSSR count). The number of hydrogen-bond donors (Lipinski definition) is 2. The molecule has 1 aromatic rings. The van der Waals surface area contributed by atoms with Crippen LogP contribution in [0.1, 0.15) is 12.8 Å². The first-order valence-electron chi connectivity index (χ1n) is 5.44. The van der Waals surface area contributed by atoms with Crippen LogP contribution < -0.4 is 10.0 Å². The fraction of sp³-hybridized carbons (Fsp3) is 0.455. The average Bonchev–Trinajstić information content (AvgIpc) is 2.24. The molecule has 0 saturated carbocycles. The molecule has 96 valence electrons. The second-order valence-electron chi connectivity index (χ2n) is 3.74. The summed E-state index contributed by atoms with van der Waals surface area (Å²) in [5.41, 5.74) is 0.591. The monoisotopic (exact) mass is 320 g/mol. The predicted molar refractivity (Wildman–Crippen MR) is 74.7 cm³/mol. The van der Waals surface area contributed by atoms with E-state index in [0.29, 0.717) is 12.1 Å². The van der Waals surface area contributed by atoms with Gasteiger partial charge in [0.2, 0.25) is 10.0 Å². The Labute approximate surface area is 111 Å². The van der Waals surface area contributed by atoms with Gasteiger partial charge in [-0.3, -0.25) is 4.72 Å². The van der Waals surface area contributed by atoms with Gasteiger partial charge in [0.25, 0.3) is 0 Å². The van der Waals surface area contributed by atoms with Crippen LogP contribution in [-0.4, -0.2) is 27.8 Å². The summed E-state index contributed by atoms with van der Waals surface area (Å²) in [5, 5.41) is 2.99. The first kappa shape index (κ1) is 14.5. The molecular weight excluding hydrogens is 304 g/mol. The second-order valence-corrected chi connectivity index (χ2v) is 6.50. The van der Waals surface area contributed by atoms with Crippen molar-refractivity contribution in [1.29, 1.82) is 0 Å². The number of nitrogens with one attached hydrogen (secondary N) is 2. The molecule has 0 bridgehead atoms. The van der Waals surface area contributed by atoms with Gasteiger partial charge in [-0.1, -0.05) is 22.0 Å². The summed E-state index contributed by atoms with van der Waals surface area (Å²) in [6, 6.07) is 7.12. The highest BCUT2D eigenvalue weighted by molar-refractivity contribution is 9.10. The third-order valence-corrected chi connectivity index (χ3v) is 4.05. The second kappa shape index (κ2) is 6.98. The molecule has 0 atom stereocenters. The Balaban J connectivity index is 2.49. The van der Waals surface area contributed by atoms with Crippen molar-refractivity contribution in [2.45, 2.75) is 12.8 Å². The Bertz CT molecular complexity index is 449. The molecule has 4 nitrogen and oxygen atoms in total. The predicted octanol–water partition coefficient (Wildman–Crippen LogP) is 2.19. The Morgan fingerprint density at radius 1 is 1.29 bits per heavy atom. The van der Waals surface area contributed by atoms with E-state index in [1.54, 1.807) is 18.2 Å². The van der Waals surface area contributed by atoms with E-state index in [4.69, 9.17) is 0 Å². The summed E-state index contributed by atoms with van der Waals surface area (Å²) < 4.78 is 26.9. The summed E-state index contributed by atoms with van der Waals surface area (Å²) in [6.07, 6.45) is 1.51. The largest absolute Gasteiger partial charge is 0.320 e. The molecule has 2 N–H and O–H groups in total. The number of halogens is 1. The number of hydrogen-bond acceptors (Lipinski definition) is 3. The van der Waals surface area contributed by atoms with Gasteiger partial charge in [-0.05, 0) is 44.6 Å². The van der Waals surface area contributed by atoms with Crippen molar-refractivity contribution in [2.75, 3.05) is 24.1 Å². The molecular formula is C11H17BrN2O2S. The Kier molecular flexibility index (Phi) is 5.94. The molecule has 0 aliphatic rings. The van der Waals surface area contributed by atoms with Crippen molar-refractivity contribution in [3.05, 3.63) is 28.7 Å². The maximum Gasteiger partial charge on any atom is 0.232 e. The normalized spacial score (nSPS) is 11.4. The lowest BCUT2D eigenvalue weighted by Gasteiger charge is -2.08. The van der Waals surface area contributed by atoms with Gasteiger partial charge in [-0.2, -0.15) is 0 Å². The van der Waals surface area contributed by atoms with Crippen molar-refractivity contribution >= 4 is 31.6 Å². The fourth-order valence-corrected chi connectivity index (χ4v) is 2.95. The van der Waals surface area contributed by atoms with E-state index < -0.39 is 10.0 Å². The highest BCUT2D eigenvalue weighted by Crippen LogP contribution is 2.17. The van der Waals surface area contributed by atoms with Crippen LogP contribution in [0.15, 0.2) is 28.7 Å².